The molecule has 1 fully saturated rings. The van der Waals surface area contributed by atoms with Crippen molar-refractivity contribution in [1.82, 2.24) is 19.9 Å². The van der Waals surface area contributed by atoms with Crippen molar-refractivity contribution in [2.24, 2.45) is 0 Å². The molecule has 0 spiro atoms. The predicted octanol–water partition coefficient (Wildman–Crippen LogP) is 5.98. The lowest BCUT2D eigenvalue weighted by Gasteiger charge is -2.35. The molecule has 0 saturated carbocycles. The summed E-state index contributed by atoms with van der Waals surface area (Å²) in [5, 5.41) is 3.95. The van der Waals surface area contributed by atoms with Crippen molar-refractivity contribution < 1.29 is 36.0 Å². The van der Waals surface area contributed by atoms with Crippen LogP contribution in [0.5, 0.6) is 5.75 Å². The van der Waals surface area contributed by atoms with Gasteiger partial charge in [0.2, 0.25) is 5.82 Å². The van der Waals surface area contributed by atoms with Crippen molar-refractivity contribution in [2.75, 3.05) is 26.2 Å². The van der Waals surface area contributed by atoms with Gasteiger partial charge in [-0.25, -0.2) is 0 Å². The Bertz CT molecular complexity index is 1480. The SMILES string of the molecule is O=C(c1cccc(OC(F)F)c1)N1CCN(Cc2cccc(-c3noc(-c4cccc(C(F)(F)F)c4)n3)c2)CC1. The van der Waals surface area contributed by atoms with Crippen molar-refractivity contribution in [1.29, 1.82) is 0 Å². The Balaban J connectivity index is 1.20. The van der Waals surface area contributed by atoms with Gasteiger partial charge in [-0.3, -0.25) is 9.69 Å². The van der Waals surface area contributed by atoms with E-state index in [9.17, 15) is 26.7 Å². The number of aromatic nitrogens is 2. The second kappa shape index (κ2) is 11.4. The summed E-state index contributed by atoms with van der Waals surface area (Å²) in [4.78, 5) is 21.0. The van der Waals surface area contributed by atoms with Crippen LogP contribution in [0.1, 0.15) is 21.5 Å². The number of benzene rings is 3. The van der Waals surface area contributed by atoms with Crippen LogP contribution >= 0.6 is 0 Å². The third-order valence-electron chi connectivity index (χ3n) is 6.42. The topological polar surface area (TPSA) is 71.7 Å². The normalized spacial score (nSPS) is 14.5. The second-order valence-corrected chi connectivity index (χ2v) is 9.18. The van der Waals surface area contributed by atoms with Crippen LogP contribution in [0.4, 0.5) is 22.0 Å². The molecule has 5 rings (SSSR count). The maximum absolute atomic E-state index is 13.1. The second-order valence-electron chi connectivity index (χ2n) is 9.18. The molecule has 0 unspecified atom stereocenters. The first-order valence-corrected chi connectivity index (χ1v) is 12.3. The first kappa shape index (κ1) is 27.3. The van der Waals surface area contributed by atoms with Gasteiger partial charge in [0.15, 0.2) is 0 Å². The van der Waals surface area contributed by atoms with E-state index in [2.05, 4.69) is 19.8 Å². The molecule has 40 heavy (non-hydrogen) atoms. The number of amides is 1. The zero-order valence-corrected chi connectivity index (χ0v) is 20.9. The summed E-state index contributed by atoms with van der Waals surface area (Å²) >= 11 is 0. The molecule has 2 heterocycles. The number of halogens is 5. The van der Waals surface area contributed by atoms with Crippen LogP contribution in [0.3, 0.4) is 0 Å². The molecule has 0 aliphatic carbocycles. The monoisotopic (exact) mass is 558 g/mol. The first-order valence-electron chi connectivity index (χ1n) is 12.3. The van der Waals surface area contributed by atoms with E-state index in [1.54, 1.807) is 17.0 Å². The number of ether oxygens (including phenoxy) is 1. The molecule has 1 aromatic heterocycles. The van der Waals surface area contributed by atoms with Gasteiger partial charge in [0, 0.05) is 49.4 Å². The van der Waals surface area contributed by atoms with Crippen LogP contribution in [0.2, 0.25) is 0 Å². The summed E-state index contributed by atoms with van der Waals surface area (Å²) in [7, 11) is 0. The smallest absolute Gasteiger partial charge is 0.416 e. The fraction of sp³-hybridized carbons (Fsp3) is 0.250. The average Bonchev–Trinajstić information content (AvgIpc) is 3.43. The number of piperazine rings is 1. The molecular weight excluding hydrogens is 535 g/mol. The Morgan fingerprint density at radius 1 is 0.925 bits per heavy atom. The first-order chi connectivity index (χ1) is 19.2. The number of carbonyl (C=O) groups is 1. The van der Waals surface area contributed by atoms with Gasteiger partial charge in [0.05, 0.1) is 5.56 Å². The number of hydrogen-bond acceptors (Lipinski definition) is 6. The van der Waals surface area contributed by atoms with Crippen LogP contribution < -0.4 is 4.74 Å². The van der Waals surface area contributed by atoms with Crippen molar-refractivity contribution in [3.8, 4) is 28.6 Å². The van der Waals surface area contributed by atoms with E-state index >= 15 is 0 Å². The van der Waals surface area contributed by atoms with Crippen LogP contribution in [-0.4, -0.2) is 58.6 Å². The van der Waals surface area contributed by atoms with Gasteiger partial charge in [0.1, 0.15) is 5.75 Å². The highest BCUT2D eigenvalue weighted by Crippen LogP contribution is 2.32. The number of carbonyl (C=O) groups excluding carboxylic acids is 1. The van der Waals surface area contributed by atoms with E-state index < -0.39 is 18.4 Å². The fourth-order valence-corrected chi connectivity index (χ4v) is 4.45. The molecule has 1 saturated heterocycles. The molecule has 0 bridgehead atoms. The van der Waals surface area contributed by atoms with Gasteiger partial charge in [-0.1, -0.05) is 35.5 Å². The molecule has 1 aliphatic rings. The maximum Gasteiger partial charge on any atom is 0.416 e. The third kappa shape index (κ3) is 6.45. The Hall–Kier alpha value is -4.32. The molecule has 0 atom stereocenters. The summed E-state index contributed by atoms with van der Waals surface area (Å²) in [6.07, 6.45) is -4.48. The molecule has 1 amide bonds. The molecule has 4 aromatic rings. The van der Waals surface area contributed by atoms with Crippen molar-refractivity contribution in [3.05, 3.63) is 89.5 Å². The van der Waals surface area contributed by atoms with Gasteiger partial charge in [-0.15, -0.1) is 0 Å². The minimum absolute atomic E-state index is 0.0152. The lowest BCUT2D eigenvalue weighted by molar-refractivity contribution is -0.137. The predicted molar refractivity (Wildman–Crippen MR) is 134 cm³/mol. The minimum atomic E-state index is -4.48. The summed E-state index contributed by atoms with van der Waals surface area (Å²) in [6, 6.07) is 17.9. The molecule has 0 N–H and O–H groups in total. The highest BCUT2D eigenvalue weighted by molar-refractivity contribution is 5.94. The van der Waals surface area contributed by atoms with E-state index in [0.717, 1.165) is 17.7 Å². The van der Waals surface area contributed by atoms with E-state index in [1.807, 2.05) is 18.2 Å². The number of nitrogens with zero attached hydrogens (tertiary/aromatic N) is 4. The van der Waals surface area contributed by atoms with Gasteiger partial charge in [0.25, 0.3) is 11.8 Å². The van der Waals surface area contributed by atoms with Crippen LogP contribution in [-0.2, 0) is 12.7 Å². The van der Waals surface area contributed by atoms with E-state index in [4.69, 9.17) is 4.52 Å². The van der Waals surface area contributed by atoms with Gasteiger partial charge >= 0.3 is 12.8 Å². The molecule has 208 valence electrons. The van der Waals surface area contributed by atoms with Gasteiger partial charge < -0.3 is 14.2 Å². The van der Waals surface area contributed by atoms with Crippen LogP contribution in [0, 0.1) is 0 Å². The Labute approximate surface area is 225 Å². The molecule has 7 nitrogen and oxygen atoms in total. The van der Waals surface area contributed by atoms with Crippen molar-refractivity contribution >= 4 is 5.91 Å². The van der Waals surface area contributed by atoms with E-state index in [-0.39, 0.29) is 34.5 Å². The lowest BCUT2D eigenvalue weighted by atomic mass is 10.1. The number of alkyl halides is 5. The van der Waals surface area contributed by atoms with E-state index in [1.165, 1.54) is 30.3 Å². The molecule has 12 heteroatoms. The molecule has 0 radical (unpaired) electrons. The average molecular weight is 559 g/mol. The maximum atomic E-state index is 13.1. The van der Waals surface area contributed by atoms with Crippen LogP contribution in [0.15, 0.2) is 77.3 Å². The zero-order chi connectivity index (χ0) is 28.3. The third-order valence-corrected chi connectivity index (χ3v) is 6.42. The zero-order valence-electron chi connectivity index (χ0n) is 20.9. The van der Waals surface area contributed by atoms with Gasteiger partial charge in [-0.2, -0.15) is 26.9 Å². The Kier molecular flexibility index (Phi) is 7.78. The summed E-state index contributed by atoms with van der Waals surface area (Å²) in [5.74, 6) is -0.0840. The van der Waals surface area contributed by atoms with Crippen LogP contribution in [0.25, 0.3) is 22.8 Å². The lowest BCUT2D eigenvalue weighted by Crippen LogP contribution is -2.48. The standard InChI is InChI=1S/C28H23F5N4O3/c29-27(30)39-23-9-3-7-21(16-23)26(38)37-12-10-36(11-13-37)17-18-4-1-5-19(14-18)24-34-25(40-35-24)20-6-2-8-22(15-20)28(31,32)33/h1-9,14-16,27H,10-13,17H2. The van der Waals surface area contributed by atoms with Crippen molar-refractivity contribution in [3.63, 3.8) is 0 Å². The number of hydrogen-bond donors (Lipinski definition) is 0. The van der Waals surface area contributed by atoms with Gasteiger partial charge in [-0.05, 0) is 48.0 Å². The Morgan fingerprint density at radius 3 is 2.40 bits per heavy atom. The molecular formula is C28H23F5N4O3. The largest absolute Gasteiger partial charge is 0.435 e. The summed E-state index contributed by atoms with van der Waals surface area (Å²) < 4.78 is 73.8. The molecule has 1 aliphatic heterocycles. The summed E-state index contributed by atoms with van der Waals surface area (Å²) in [6.45, 7) is -0.250. The van der Waals surface area contributed by atoms with Crippen molar-refractivity contribution in [2.45, 2.75) is 19.3 Å². The molecule has 3 aromatic carbocycles. The minimum Gasteiger partial charge on any atom is -0.435 e. The number of rotatable bonds is 7. The fourth-order valence-electron chi connectivity index (χ4n) is 4.45. The Morgan fingerprint density at radius 2 is 1.65 bits per heavy atom. The highest BCUT2D eigenvalue weighted by atomic mass is 19.4. The summed E-state index contributed by atoms with van der Waals surface area (Å²) in [5.41, 5.74) is 1.26. The quantitative estimate of drug-likeness (QED) is 0.260. The highest BCUT2D eigenvalue weighted by Gasteiger charge is 2.31. The van der Waals surface area contributed by atoms with E-state index in [0.29, 0.717) is 38.3 Å².